The summed E-state index contributed by atoms with van der Waals surface area (Å²) >= 11 is 0. The fourth-order valence-corrected chi connectivity index (χ4v) is 2.07. The largest absolute Gasteiger partial charge is 0.444 e. The molecule has 6 nitrogen and oxygen atoms in total. The maximum Gasteiger partial charge on any atom is 0.407 e. The molecule has 0 aromatic rings. The number of amides is 2. The number of aliphatic hydroxyl groups excluding tert-OH is 1. The van der Waals surface area contributed by atoms with Crippen molar-refractivity contribution in [2.45, 2.75) is 85.0 Å². The monoisotopic (exact) mass is 330 g/mol. The molecule has 1 unspecified atom stereocenters. The summed E-state index contributed by atoms with van der Waals surface area (Å²) in [7, 11) is 0. The van der Waals surface area contributed by atoms with E-state index in [0.29, 0.717) is 18.8 Å². The van der Waals surface area contributed by atoms with E-state index in [4.69, 9.17) is 4.74 Å². The third kappa shape index (κ3) is 11.9. The molecule has 23 heavy (non-hydrogen) atoms. The Balaban J connectivity index is 4.51. The van der Waals surface area contributed by atoms with E-state index in [1.54, 1.807) is 20.8 Å². The smallest absolute Gasteiger partial charge is 0.407 e. The summed E-state index contributed by atoms with van der Waals surface area (Å²) < 4.78 is 5.23. The second-order valence-corrected chi connectivity index (χ2v) is 7.36. The molecular weight excluding hydrogens is 296 g/mol. The maximum absolute atomic E-state index is 11.9. The lowest BCUT2D eigenvalue weighted by molar-refractivity contribution is -0.121. The van der Waals surface area contributed by atoms with Gasteiger partial charge < -0.3 is 20.5 Å². The summed E-state index contributed by atoms with van der Waals surface area (Å²) in [6, 6.07) is -0.462. The lowest BCUT2D eigenvalue weighted by Crippen LogP contribution is -2.50. The zero-order valence-corrected chi connectivity index (χ0v) is 15.4. The van der Waals surface area contributed by atoms with E-state index in [2.05, 4.69) is 10.6 Å². The maximum atomic E-state index is 11.9. The van der Waals surface area contributed by atoms with Crippen molar-refractivity contribution in [3.05, 3.63) is 0 Å². The average molecular weight is 330 g/mol. The van der Waals surface area contributed by atoms with Crippen molar-refractivity contribution in [3.63, 3.8) is 0 Å². The topological polar surface area (TPSA) is 87.7 Å². The Morgan fingerprint density at radius 2 is 1.83 bits per heavy atom. The van der Waals surface area contributed by atoms with E-state index < -0.39 is 23.8 Å². The first-order valence-electron chi connectivity index (χ1n) is 8.49. The molecule has 0 rings (SSSR count). The number of hydrogen-bond donors (Lipinski definition) is 3. The predicted octanol–water partition coefficient (Wildman–Crippen LogP) is 2.59. The number of nitrogens with one attached hydrogen (secondary N) is 2. The minimum atomic E-state index is -0.851. The van der Waals surface area contributed by atoms with Crippen molar-refractivity contribution in [1.82, 2.24) is 10.6 Å². The summed E-state index contributed by atoms with van der Waals surface area (Å²) in [5, 5.41) is 15.7. The third-order valence-electron chi connectivity index (χ3n) is 3.16. The van der Waals surface area contributed by atoms with Crippen molar-refractivity contribution in [3.8, 4) is 0 Å². The van der Waals surface area contributed by atoms with Crippen LogP contribution < -0.4 is 10.6 Å². The van der Waals surface area contributed by atoms with Gasteiger partial charge >= 0.3 is 6.09 Å². The van der Waals surface area contributed by atoms with Gasteiger partial charge in [0.2, 0.25) is 5.91 Å². The molecule has 0 aromatic carbocycles. The fourth-order valence-electron chi connectivity index (χ4n) is 2.07. The van der Waals surface area contributed by atoms with Gasteiger partial charge in [-0.3, -0.25) is 4.79 Å². The molecule has 136 valence electrons. The van der Waals surface area contributed by atoms with Crippen molar-refractivity contribution in [2.75, 3.05) is 6.54 Å². The zero-order chi connectivity index (χ0) is 18.0. The van der Waals surface area contributed by atoms with E-state index in [9.17, 15) is 14.7 Å². The number of alkyl carbamates (subject to hydrolysis) is 1. The van der Waals surface area contributed by atoms with Crippen LogP contribution in [0.15, 0.2) is 0 Å². The highest BCUT2D eigenvalue weighted by molar-refractivity contribution is 5.75. The molecular formula is C17H34N2O4. The number of hydrogen-bond acceptors (Lipinski definition) is 4. The van der Waals surface area contributed by atoms with Crippen LogP contribution in [0.25, 0.3) is 0 Å². The van der Waals surface area contributed by atoms with Gasteiger partial charge in [-0.25, -0.2) is 4.79 Å². The van der Waals surface area contributed by atoms with E-state index in [1.807, 2.05) is 20.8 Å². The van der Waals surface area contributed by atoms with Crippen LogP contribution in [-0.2, 0) is 9.53 Å². The van der Waals surface area contributed by atoms with Crippen LogP contribution in [0.4, 0.5) is 4.79 Å². The molecule has 0 spiro atoms. The molecule has 0 saturated heterocycles. The van der Waals surface area contributed by atoms with E-state index in [1.165, 1.54) is 0 Å². The zero-order valence-electron chi connectivity index (χ0n) is 15.4. The van der Waals surface area contributed by atoms with Gasteiger partial charge in [0.15, 0.2) is 0 Å². The molecule has 0 fully saturated rings. The molecule has 0 radical (unpaired) electrons. The SMILES string of the molecule is CCCCC(=O)NCC(O)[C@H](CC(C)C)NC(=O)OC(C)(C)C. The summed E-state index contributed by atoms with van der Waals surface area (Å²) in [6.45, 7) is 11.5. The molecule has 0 aliphatic heterocycles. The number of carbonyl (C=O) groups excluding carboxylic acids is 2. The molecule has 2 amide bonds. The number of unbranched alkanes of at least 4 members (excludes halogenated alkanes) is 1. The third-order valence-corrected chi connectivity index (χ3v) is 3.16. The van der Waals surface area contributed by atoms with Crippen molar-refractivity contribution >= 4 is 12.0 Å². The summed E-state index contributed by atoms with van der Waals surface area (Å²) in [6.07, 6.45) is 1.43. The standard InChI is InChI=1S/C17H34N2O4/c1-7-8-9-15(21)18-11-14(20)13(10-12(2)3)19-16(22)23-17(4,5)6/h12-14,20H,7-11H2,1-6H3,(H,18,21)(H,19,22)/t13-,14?/m0/s1. The molecule has 2 atom stereocenters. The second kappa shape index (κ2) is 10.5. The lowest BCUT2D eigenvalue weighted by atomic mass is 9.99. The number of aliphatic hydroxyl groups is 1. The second-order valence-electron chi connectivity index (χ2n) is 7.36. The molecule has 0 aliphatic rings. The Labute approximate surface area is 140 Å². The molecule has 0 heterocycles. The van der Waals surface area contributed by atoms with Gasteiger partial charge in [0.1, 0.15) is 5.60 Å². The molecule has 0 bridgehead atoms. The average Bonchev–Trinajstić information content (AvgIpc) is 2.39. The lowest BCUT2D eigenvalue weighted by Gasteiger charge is -2.28. The predicted molar refractivity (Wildman–Crippen MR) is 91.2 cm³/mol. The Morgan fingerprint density at radius 3 is 2.30 bits per heavy atom. The molecule has 0 saturated carbocycles. The van der Waals surface area contributed by atoms with Gasteiger partial charge in [-0.2, -0.15) is 0 Å². The number of carbonyl (C=O) groups is 2. The minimum absolute atomic E-state index is 0.0773. The van der Waals surface area contributed by atoms with Gasteiger partial charge in [0, 0.05) is 13.0 Å². The Bertz CT molecular complexity index is 364. The van der Waals surface area contributed by atoms with E-state index >= 15 is 0 Å². The Morgan fingerprint density at radius 1 is 1.22 bits per heavy atom. The van der Waals surface area contributed by atoms with Gasteiger partial charge in [-0.05, 0) is 39.5 Å². The normalized spacial score (nSPS) is 14.3. The van der Waals surface area contributed by atoms with Gasteiger partial charge in [-0.15, -0.1) is 0 Å². The molecule has 0 aliphatic carbocycles. The Hall–Kier alpha value is -1.30. The molecule has 6 heteroatoms. The highest BCUT2D eigenvalue weighted by Crippen LogP contribution is 2.11. The first-order chi connectivity index (χ1) is 10.5. The highest BCUT2D eigenvalue weighted by Gasteiger charge is 2.25. The van der Waals surface area contributed by atoms with Crippen molar-refractivity contribution in [2.24, 2.45) is 5.92 Å². The summed E-state index contributed by atoms with van der Waals surface area (Å²) in [5.74, 6) is 0.215. The summed E-state index contributed by atoms with van der Waals surface area (Å²) in [5.41, 5.74) is -0.591. The first-order valence-corrected chi connectivity index (χ1v) is 8.49. The molecule has 3 N–H and O–H groups in total. The van der Waals surface area contributed by atoms with Crippen LogP contribution in [0.5, 0.6) is 0 Å². The van der Waals surface area contributed by atoms with Crippen LogP contribution in [0.1, 0.15) is 67.2 Å². The van der Waals surface area contributed by atoms with Crippen molar-refractivity contribution in [1.29, 1.82) is 0 Å². The van der Waals surface area contributed by atoms with Crippen LogP contribution in [0, 0.1) is 5.92 Å². The van der Waals surface area contributed by atoms with Gasteiger partial charge in [-0.1, -0.05) is 27.2 Å². The van der Waals surface area contributed by atoms with E-state index in [0.717, 1.165) is 12.8 Å². The van der Waals surface area contributed by atoms with Crippen LogP contribution in [-0.4, -0.2) is 41.4 Å². The van der Waals surface area contributed by atoms with Crippen LogP contribution in [0.2, 0.25) is 0 Å². The summed E-state index contributed by atoms with van der Waals surface area (Å²) in [4.78, 5) is 23.5. The van der Waals surface area contributed by atoms with Gasteiger partial charge in [0.05, 0.1) is 12.1 Å². The molecule has 0 aromatic heterocycles. The highest BCUT2D eigenvalue weighted by atomic mass is 16.6. The number of ether oxygens (including phenoxy) is 1. The van der Waals surface area contributed by atoms with Crippen LogP contribution in [0.3, 0.4) is 0 Å². The Kier molecular flexibility index (Phi) is 9.88. The van der Waals surface area contributed by atoms with Gasteiger partial charge in [0.25, 0.3) is 0 Å². The van der Waals surface area contributed by atoms with Crippen molar-refractivity contribution < 1.29 is 19.4 Å². The first kappa shape index (κ1) is 21.7. The van der Waals surface area contributed by atoms with Crippen LogP contribution >= 0.6 is 0 Å². The van der Waals surface area contributed by atoms with E-state index in [-0.39, 0.29) is 12.5 Å². The fraction of sp³-hybridized carbons (Fsp3) is 0.882. The number of rotatable bonds is 9. The quantitative estimate of drug-likeness (QED) is 0.606. The minimum Gasteiger partial charge on any atom is -0.444 e.